The van der Waals surface area contributed by atoms with Crippen LogP contribution in [-0.4, -0.2) is 16.5 Å². The lowest BCUT2D eigenvalue weighted by Gasteiger charge is -2.47. The maximum Gasteiger partial charge on any atom is 0.133 e. The van der Waals surface area contributed by atoms with E-state index in [4.69, 9.17) is 4.74 Å². The van der Waals surface area contributed by atoms with Gasteiger partial charge in [-0.15, -0.1) is 0 Å². The Hall–Kier alpha value is -2.29. The maximum atomic E-state index is 12.1. The molecule has 0 amide bonds. The summed E-state index contributed by atoms with van der Waals surface area (Å²) < 4.78 is 6.40. The molecule has 1 saturated carbocycles. The third-order valence-electron chi connectivity index (χ3n) is 6.96. The smallest absolute Gasteiger partial charge is 0.133 e. The van der Waals surface area contributed by atoms with Crippen LogP contribution in [0.3, 0.4) is 0 Å². The molecule has 29 heavy (non-hydrogen) atoms. The molecule has 0 aromatic heterocycles. The Bertz CT molecular complexity index is 884. The first-order valence-corrected chi connectivity index (χ1v) is 11.0. The van der Waals surface area contributed by atoms with Crippen molar-refractivity contribution in [3.8, 4) is 11.5 Å². The first-order chi connectivity index (χ1) is 13.8. The zero-order valence-corrected chi connectivity index (χ0v) is 17.8. The van der Waals surface area contributed by atoms with Gasteiger partial charge in [-0.05, 0) is 68.7 Å². The van der Waals surface area contributed by atoms with Crippen molar-refractivity contribution in [2.75, 3.05) is 0 Å². The van der Waals surface area contributed by atoms with Gasteiger partial charge >= 0.3 is 0 Å². The standard InChI is InChI=1S/C26H32O3/c1-17(8-7-11-18-9-5-4-6-10-18)19-14-23(28)25-21-16-20(27)12-13-22(21)26(2,3)29-24(25)15-19/h4-6,9-10,14-15,17,21-22,28H,7-8,11-13,16H2,1-3H3. The van der Waals surface area contributed by atoms with Gasteiger partial charge < -0.3 is 9.84 Å². The van der Waals surface area contributed by atoms with Crippen molar-refractivity contribution < 1.29 is 14.6 Å². The number of carbonyl (C=O) groups excluding carboxylic acids is 1. The second-order valence-electron chi connectivity index (χ2n) is 9.43. The van der Waals surface area contributed by atoms with Crippen LogP contribution in [0.1, 0.15) is 81.4 Å². The highest BCUT2D eigenvalue weighted by atomic mass is 16.5. The second kappa shape index (κ2) is 7.85. The highest BCUT2D eigenvalue weighted by Crippen LogP contribution is 2.54. The van der Waals surface area contributed by atoms with Crippen molar-refractivity contribution in [1.29, 1.82) is 0 Å². The zero-order chi connectivity index (χ0) is 20.6. The van der Waals surface area contributed by atoms with Gasteiger partial charge in [-0.3, -0.25) is 4.79 Å². The molecular formula is C26H32O3. The van der Waals surface area contributed by atoms with E-state index in [2.05, 4.69) is 51.1 Å². The average Bonchev–Trinajstić information content (AvgIpc) is 2.67. The van der Waals surface area contributed by atoms with Crippen LogP contribution in [0.15, 0.2) is 42.5 Å². The first-order valence-electron chi connectivity index (χ1n) is 11.0. The Morgan fingerprint density at radius 2 is 1.97 bits per heavy atom. The Morgan fingerprint density at radius 1 is 1.21 bits per heavy atom. The van der Waals surface area contributed by atoms with E-state index in [-0.39, 0.29) is 17.4 Å². The van der Waals surface area contributed by atoms with Crippen molar-refractivity contribution >= 4 is 5.78 Å². The number of ketones is 1. The van der Waals surface area contributed by atoms with Gasteiger partial charge in [0, 0.05) is 30.2 Å². The molecule has 2 aromatic carbocycles. The average molecular weight is 393 g/mol. The van der Waals surface area contributed by atoms with Crippen molar-refractivity contribution in [2.45, 2.75) is 76.7 Å². The van der Waals surface area contributed by atoms with Crippen LogP contribution in [0, 0.1) is 5.92 Å². The summed E-state index contributed by atoms with van der Waals surface area (Å²) in [5.41, 5.74) is 3.01. The summed E-state index contributed by atoms with van der Waals surface area (Å²) in [6, 6.07) is 14.6. The fraction of sp³-hybridized carbons (Fsp3) is 0.500. The second-order valence-corrected chi connectivity index (χ2v) is 9.43. The van der Waals surface area contributed by atoms with Crippen molar-refractivity contribution in [3.05, 3.63) is 59.2 Å². The molecule has 3 heteroatoms. The number of aryl methyl sites for hydroxylation is 1. The largest absolute Gasteiger partial charge is 0.508 e. The van der Waals surface area contributed by atoms with Crippen LogP contribution >= 0.6 is 0 Å². The summed E-state index contributed by atoms with van der Waals surface area (Å²) in [6.07, 6.45) is 5.21. The number of carbonyl (C=O) groups is 1. The molecule has 1 aliphatic carbocycles. The van der Waals surface area contributed by atoms with Crippen LogP contribution in [0.5, 0.6) is 11.5 Å². The van der Waals surface area contributed by atoms with Gasteiger partial charge in [-0.2, -0.15) is 0 Å². The number of phenolic OH excluding ortho intramolecular Hbond substituents is 1. The number of fused-ring (bicyclic) bond motifs is 3. The molecule has 1 fully saturated rings. The molecule has 154 valence electrons. The number of hydrogen-bond donors (Lipinski definition) is 1. The number of ether oxygens (including phenoxy) is 1. The predicted molar refractivity (Wildman–Crippen MR) is 116 cm³/mol. The van der Waals surface area contributed by atoms with Gasteiger partial charge in [-0.25, -0.2) is 0 Å². The normalized spacial score (nSPS) is 23.6. The van der Waals surface area contributed by atoms with Crippen molar-refractivity contribution in [2.24, 2.45) is 5.92 Å². The predicted octanol–water partition coefficient (Wildman–Crippen LogP) is 6.14. The SMILES string of the molecule is CC(CCCc1ccccc1)c1cc(O)c2c(c1)OC(C)(C)C1CCC(=O)CC21. The third kappa shape index (κ3) is 4.05. The summed E-state index contributed by atoms with van der Waals surface area (Å²) in [4.78, 5) is 12.1. The van der Waals surface area contributed by atoms with Gasteiger partial charge in [0.2, 0.25) is 0 Å². The molecule has 3 unspecified atom stereocenters. The molecule has 1 heterocycles. The van der Waals surface area contributed by atoms with Gasteiger partial charge in [0.05, 0.1) is 0 Å². The Morgan fingerprint density at radius 3 is 2.72 bits per heavy atom. The highest BCUT2D eigenvalue weighted by molar-refractivity contribution is 5.81. The first kappa shape index (κ1) is 20.0. The summed E-state index contributed by atoms with van der Waals surface area (Å²) in [5.74, 6) is 2.05. The van der Waals surface area contributed by atoms with E-state index < -0.39 is 0 Å². The molecular weight excluding hydrogens is 360 g/mol. The van der Waals surface area contributed by atoms with E-state index in [0.717, 1.165) is 42.6 Å². The van der Waals surface area contributed by atoms with E-state index in [9.17, 15) is 9.90 Å². The monoisotopic (exact) mass is 392 g/mol. The molecule has 0 spiro atoms. The quantitative estimate of drug-likeness (QED) is 0.664. The minimum Gasteiger partial charge on any atom is -0.508 e. The summed E-state index contributed by atoms with van der Waals surface area (Å²) >= 11 is 0. The molecule has 1 N–H and O–H groups in total. The zero-order valence-electron chi connectivity index (χ0n) is 17.8. The summed E-state index contributed by atoms with van der Waals surface area (Å²) in [6.45, 7) is 6.46. The molecule has 3 nitrogen and oxygen atoms in total. The van der Waals surface area contributed by atoms with Crippen molar-refractivity contribution in [1.82, 2.24) is 0 Å². The van der Waals surface area contributed by atoms with E-state index >= 15 is 0 Å². The number of phenols is 1. The van der Waals surface area contributed by atoms with Crippen LogP contribution in [0.2, 0.25) is 0 Å². The fourth-order valence-electron chi connectivity index (χ4n) is 5.30. The van der Waals surface area contributed by atoms with E-state index in [1.54, 1.807) is 0 Å². The lowest BCUT2D eigenvalue weighted by molar-refractivity contribution is -0.124. The molecule has 2 aromatic rings. The lowest BCUT2D eigenvalue weighted by atomic mass is 9.66. The summed E-state index contributed by atoms with van der Waals surface area (Å²) in [5, 5.41) is 10.9. The van der Waals surface area contributed by atoms with Crippen LogP contribution in [0.4, 0.5) is 0 Å². The van der Waals surface area contributed by atoms with E-state index in [1.807, 2.05) is 12.1 Å². The molecule has 3 atom stereocenters. The lowest BCUT2D eigenvalue weighted by Crippen LogP contribution is -2.47. The Balaban J connectivity index is 1.53. The number of benzene rings is 2. The molecule has 0 bridgehead atoms. The molecule has 0 saturated heterocycles. The van der Waals surface area contributed by atoms with E-state index in [1.165, 1.54) is 5.56 Å². The van der Waals surface area contributed by atoms with Crippen LogP contribution in [0.25, 0.3) is 0 Å². The van der Waals surface area contributed by atoms with Crippen LogP contribution in [-0.2, 0) is 11.2 Å². The number of Topliss-reactive ketones (excluding diaryl/α,β-unsaturated/α-hetero) is 1. The van der Waals surface area contributed by atoms with Gasteiger partial charge in [-0.1, -0.05) is 37.3 Å². The van der Waals surface area contributed by atoms with E-state index in [0.29, 0.717) is 30.3 Å². The topological polar surface area (TPSA) is 46.5 Å². The molecule has 2 aliphatic rings. The number of rotatable bonds is 5. The number of aromatic hydroxyl groups is 1. The summed E-state index contributed by atoms with van der Waals surface area (Å²) in [7, 11) is 0. The molecule has 0 radical (unpaired) electrons. The van der Waals surface area contributed by atoms with Gasteiger partial charge in [0.1, 0.15) is 22.9 Å². The number of hydrogen-bond acceptors (Lipinski definition) is 3. The minimum absolute atomic E-state index is 0.0671. The maximum absolute atomic E-state index is 12.1. The molecule has 1 aliphatic heterocycles. The third-order valence-corrected chi connectivity index (χ3v) is 6.96. The van der Waals surface area contributed by atoms with Gasteiger partial charge in [0.15, 0.2) is 0 Å². The Labute approximate surface area is 174 Å². The fourth-order valence-corrected chi connectivity index (χ4v) is 5.30. The molecule has 4 rings (SSSR count). The van der Waals surface area contributed by atoms with Gasteiger partial charge in [0.25, 0.3) is 0 Å². The highest BCUT2D eigenvalue weighted by Gasteiger charge is 2.47. The van der Waals surface area contributed by atoms with Crippen molar-refractivity contribution in [3.63, 3.8) is 0 Å². The van der Waals surface area contributed by atoms with Crippen LogP contribution < -0.4 is 4.74 Å². The Kier molecular flexibility index (Phi) is 5.42. The minimum atomic E-state index is -0.319.